The zero-order chi connectivity index (χ0) is 16.7. The predicted molar refractivity (Wildman–Crippen MR) is 87.0 cm³/mol. The molecule has 0 radical (unpaired) electrons. The number of pyridine rings is 1. The number of aryl methyl sites for hydroxylation is 2. The Morgan fingerprint density at radius 1 is 1.13 bits per heavy atom. The molecule has 7 nitrogen and oxygen atoms in total. The smallest absolute Gasteiger partial charge is 0.268 e. The molecular weight excluding hydrogens is 294 g/mol. The van der Waals surface area contributed by atoms with Crippen molar-refractivity contribution in [3.8, 4) is 17.2 Å². The number of nitrogens with zero attached hydrogens (tertiary/aromatic N) is 2. The maximum Gasteiger partial charge on any atom is 0.268 e. The number of nitriles is 1. The van der Waals surface area contributed by atoms with Gasteiger partial charge in [-0.2, -0.15) is 10.2 Å². The Hall–Kier alpha value is -3.40. The highest BCUT2D eigenvalue weighted by Gasteiger charge is 2.18. The minimum absolute atomic E-state index is 0.0588. The van der Waals surface area contributed by atoms with E-state index in [9.17, 15) is 14.9 Å². The summed E-state index contributed by atoms with van der Waals surface area (Å²) in [7, 11) is 0. The Bertz CT molecular complexity index is 1100. The number of H-pyrrole nitrogens is 2. The number of aromatic nitrogens is 3. The summed E-state index contributed by atoms with van der Waals surface area (Å²) in [5.41, 5.74) is 7.27. The summed E-state index contributed by atoms with van der Waals surface area (Å²) in [6, 6.07) is 7.35. The molecule has 0 aliphatic carbocycles. The summed E-state index contributed by atoms with van der Waals surface area (Å²) in [5.74, 6) is -0.103. The largest absolute Gasteiger partial charge is 0.369 e. The fourth-order valence-electron chi connectivity index (χ4n) is 2.51. The summed E-state index contributed by atoms with van der Waals surface area (Å²) in [6.07, 6.45) is 0. The van der Waals surface area contributed by atoms with E-state index >= 15 is 0 Å². The first-order valence-corrected chi connectivity index (χ1v) is 6.86. The van der Waals surface area contributed by atoms with Crippen molar-refractivity contribution in [2.45, 2.75) is 13.8 Å². The van der Waals surface area contributed by atoms with Crippen molar-refractivity contribution in [1.82, 2.24) is 15.0 Å². The van der Waals surface area contributed by atoms with Crippen molar-refractivity contribution in [3.63, 3.8) is 0 Å². The lowest BCUT2D eigenvalue weighted by Crippen LogP contribution is -2.20. The molecular formula is C16H13N5O2. The van der Waals surface area contributed by atoms with E-state index in [1.54, 1.807) is 6.07 Å². The lowest BCUT2D eigenvalue weighted by molar-refractivity contribution is 1.14. The molecule has 0 fully saturated rings. The molecule has 3 rings (SSSR count). The maximum atomic E-state index is 12.3. The van der Waals surface area contributed by atoms with Crippen LogP contribution in [0, 0.1) is 25.2 Å². The van der Waals surface area contributed by atoms with Crippen molar-refractivity contribution in [2.75, 3.05) is 5.73 Å². The molecule has 0 unspecified atom stereocenters. The highest BCUT2D eigenvalue weighted by atomic mass is 16.1. The average molecular weight is 307 g/mol. The van der Waals surface area contributed by atoms with Crippen LogP contribution in [-0.2, 0) is 0 Å². The van der Waals surface area contributed by atoms with Crippen LogP contribution in [0.1, 0.15) is 16.7 Å². The van der Waals surface area contributed by atoms with Gasteiger partial charge in [0, 0.05) is 5.56 Å². The molecule has 0 atom stereocenters. The molecule has 0 amide bonds. The van der Waals surface area contributed by atoms with E-state index in [0.717, 1.165) is 11.1 Å². The Morgan fingerprint density at radius 2 is 1.87 bits per heavy atom. The van der Waals surface area contributed by atoms with Gasteiger partial charge in [0.25, 0.3) is 11.1 Å². The molecule has 2 heterocycles. The van der Waals surface area contributed by atoms with Crippen LogP contribution in [0.4, 0.5) is 5.95 Å². The zero-order valence-corrected chi connectivity index (χ0v) is 12.5. The number of anilines is 1. The van der Waals surface area contributed by atoms with Crippen molar-refractivity contribution in [3.05, 3.63) is 55.6 Å². The third-order valence-corrected chi connectivity index (χ3v) is 3.80. The van der Waals surface area contributed by atoms with E-state index in [2.05, 4.69) is 15.0 Å². The van der Waals surface area contributed by atoms with Crippen LogP contribution < -0.4 is 16.9 Å². The van der Waals surface area contributed by atoms with Gasteiger partial charge in [-0.15, -0.1) is 0 Å². The molecule has 23 heavy (non-hydrogen) atoms. The van der Waals surface area contributed by atoms with Crippen molar-refractivity contribution < 1.29 is 0 Å². The van der Waals surface area contributed by atoms with Gasteiger partial charge in [0.1, 0.15) is 17.3 Å². The van der Waals surface area contributed by atoms with Crippen LogP contribution >= 0.6 is 0 Å². The maximum absolute atomic E-state index is 12.3. The van der Waals surface area contributed by atoms with Gasteiger partial charge in [0.15, 0.2) is 0 Å². The van der Waals surface area contributed by atoms with Gasteiger partial charge in [0.2, 0.25) is 5.95 Å². The summed E-state index contributed by atoms with van der Waals surface area (Å²) >= 11 is 0. The van der Waals surface area contributed by atoms with Gasteiger partial charge in [-0.25, -0.2) is 0 Å². The first kappa shape index (κ1) is 14.5. The molecule has 2 aromatic heterocycles. The number of fused-ring (bicyclic) bond motifs is 1. The second-order valence-corrected chi connectivity index (χ2v) is 5.29. The molecule has 7 heteroatoms. The number of nitrogens with one attached hydrogen (secondary N) is 2. The summed E-state index contributed by atoms with van der Waals surface area (Å²) in [6.45, 7) is 3.87. The van der Waals surface area contributed by atoms with Crippen LogP contribution in [-0.4, -0.2) is 15.0 Å². The minimum Gasteiger partial charge on any atom is -0.369 e. The number of nitrogens with two attached hydrogens (primary N) is 1. The van der Waals surface area contributed by atoms with E-state index < -0.39 is 11.1 Å². The van der Waals surface area contributed by atoms with Gasteiger partial charge in [-0.05, 0) is 30.5 Å². The van der Waals surface area contributed by atoms with Gasteiger partial charge in [-0.1, -0.05) is 18.2 Å². The van der Waals surface area contributed by atoms with E-state index in [1.807, 2.05) is 32.0 Å². The SMILES string of the molecule is Cc1ccc(-c2c(C#N)c(=O)[nH]c3nc(N)[nH]c(=O)c23)cc1C. The Morgan fingerprint density at radius 3 is 2.52 bits per heavy atom. The molecule has 0 saturated heterocycles. The van der Waals surface area contributed by atoms with Gasteiger partial charge in [0.05, 0.1) is 5.39 Å². The number of hydrogen-bond acceptors (Lipinski definition) is 5. The molecule has 1 aromatic carbocycles. The fourth-order valence-corrected chi connectivity index (χ4v) is 2.51. The fraction of sp³-hybridized carbons (Fsp3) is 0.125. The molecule has 0 bridgehead atoms. The molecule has 3 aromatic rings. The first-order chi connectivity index (χ1) is 10.9. The molecule has 0 aliphatic heterocycles. The number of benzene rings is 1. The van der Waals surface area contributed by atoms with Crippen LogP contribution in [0.25, 0.3) is 22.2 Å². The highest BCUT2D eigenvalue weighted by Crippen LogP contribution is 2.28. The Balaban J connectivity index is 2.56. The highest BCUT2D eigenvalue weighted by molar-refractivity contribution is 5.95. The van der Waals surface area contributed by atoms with E-state index in [0.29, 0.717) is 5.56 Å². The van der Waals surface area contributed by atoms with Gasteiger partial charge >= 0.3 is 0 Å². The quantitative estimate of drug-likeness (QED) is 0.625. The minimum atomic E-state index is -0.606. The van der Waals surface area contributed by atoms with Crippen LogP contribution in [0.5, 0.6) is 0 Å². The number of aromatic amines is 2. The average Bonchev–Trinajstić information content (AvgIpc) is 2.48. The standard InChI is InChI=1S/C16H13N5O2/c1-7-3-4-9(5-8(7)2)11-10(6-17)14(22)19-13-12(11)15(23)21-16(18)20-13/h3-5H,1-2H3,(H4,18,19,20,21,22,23). The molecule has 114 valence electrons. The summed E-state index contributed by atoms with van der Waals surface area (Å²) in [4.78, 5) is 33.3. The Kier molecular flexibility index (Phi) is 3.22. The van der Waals surface area contributed by atoms with Gasteiger partial charge < -0.3 is 10.7 Å². The molecule has 0 spiro atoms. The van der Waals surface area contributed by atoms with E-state index in [4.69, 9.17) is 5.73 Å². The normalized spacial score (nSPS) is 10.7. The lowest BCUT2D eigenvalue weighted by atomic mass is 9.95. The summed E-state index contributed by atoms with van der Waals surface area (Å²) < 4.78 is 0. The van der Waals surface area contributed by atoms with Crippen molar-refractivity contribution in [1.29, 1.82) is 5.26 Å². The van der Waals surface area contributed by atoms with E-state index in [1.165, 1.54) is 0 Å². The topological polar surface area (TPSA) is 128 Å². The van der Waals surface area contributed by atoms with Gasteiger partial charge in [-0.3, -0.25) is 14.6 Å². The number of nitrogen functional groups attached to an aromatic ring is 1. The first-order valence-electron chi connectivity index (χ1n) is 6.86. The number of rotatable bonds is 1. The molecule has 0 aliphatic rings. The molecule has 4 N–H and O–H groups in total. The second kappa shape index (κ2) is 5.10. The second-order valence-electron chi connectivity index (χ2n) is 5.29. The predicted octanol–water partition coefficient (Wildman–Crippen LogP) is 1.35. The van der Waals surface area contributed by atoms with Crippen LogP contribution in [0.3, 0.4) is 0 Å². The van der Waals surface area contributed by atoms with E-state index in [-0.39, 0.29) is 28.1 Å². The summed E-state index contributed by atoms with van der Waals surface area (Å²) in [5, 5.41) is 9.50. The van der Waals surface area contributed by atoms with Crippen molar-refractivity contribution >= 4 is 17.0 Å². The molecule has 0 saturated carbocycles. The van der Waals surface area contributed by atoms with Crippen LogP contribution in [0.15, 0.2) is 27.8 Å². The van der Waals surface area contributed by atoms with Crippen molar-refractivity contribution in [2.24, 2.45) is 0 Å². The Labute approximate surface area is 130 Å². The third kappa shape index (κ3) is 2.26. The van der Waals surface area contributed by atoms with Crippen LogP contribution in [0.2, 0.25) is 0 Å². The lowest BCUT2D eigenvalue weighted by Gasteiger charge is -2.10. The number of hydrogen-bond donors (Lipinski definition) is 3. The zero-order valence-electron chi connectivity index (χ0n) is 12.5. The monoisotopic (exact) mass is 307 g/mol. The third-order valence-electron chi connectivity index (χ3n) is 3.80.